The largest absolute Gasteiger partial charge is 0.444 e. The van der Waals surface area contributed by atoms with E-state index in [2.05, 4.69) is 4.98 Å². The standard InChI is InChI=1S/C17H22N2O3/c1-16(2,3)22-15(21)19-9-6-17(7-10-19)11-12-5-4-8-18-13(12)14(17)20/h4-5,8H,6-7,9-11H2,1-3H3. The summed E-state index contributed by atoms with van der Waals surface area (Å²) in [5.41, 5.74) is 0.802. The quantitative estimate of drug-likeness (QED) is 0.739. The van der Waals surface area contributed by atoms with Crippen molar-refractivity contribution in [2.75, 3.05) is 13.1 Å². The van der Waals surface area contributed by atoms with Gasteiger partial charge >= 0.3 is 6.09 Å². The van der Waals surface area contributed by atoms with Crippen molar-refractivity contribution in [2.45, 2.75) is 45.6 Å². The van der Waals surface area contributed by atoms with Gasteiger partial charge in [-0.2, -0.15) is 0 Å². The van der Waals surface area contributed by atoms with Gasteiger partial charge in [0.25, 0.3) is 0 Å². The van der Waals surface area contributed by atoms with Gasteiger partial charge in [-0.3, -0.25) is 9.78 Å². The minimum Gasteiger partial charge on any atom is -0.444 e. The number of pyridine rings is 1. The number of Topliss-reactive ketones (excluding diaryl/α,β-unsaturated/α-hetero) is 1. The molecule has 0 atom stereocenters. The van der Waals surface area contributed by atoms with E-state index in [0.717, 1.165) is 12.0 Å². The molecule has 1 aromatic rings. The zero-order chi connectivity index (χ0) is 16.0. The molecule has 0 bridgehead atoms. The Balaban J connectivity index is 1.68. The summed E-state index contributed by atoms with van der Waals surface area (Å²) in [5, 5.41) is 0. The maximum Gasteiger partial charge on any atom is 0.410 e. The number of nitrogens with zero attached hydrogens (tertiary/aromatic N) is 2. The molecule has 1 fully saturated rings. The molecule has 1 amide bonds. The molecular formula is C17H22N2O3. The number of amides is 1. The van der Waals surface area contributed by atoms with Gasteiger partial charge in [0.1, 0.15) is 11.3 Å². The van der Waals surface area contributed by atoms with Crippen LogP contribution in [0.25, 0.3) is 0 Å². The van der Waals surface area contributed by atoms with Crippen molar-refractivity contribution < 1.29 is 14.3 Å². The van der Waals surface area contributed by atoms with E-state index < -0.39 is 5.60 Å². The van der Waals surface area contributed by atoms with Crippen LogP contribution in [0, 0.1) is 5.41 Å². The Morgan fingerprint density at radius 3 is 2.59 bits per heavy atom. The number of ketones is 1. The second-order valence-corrected chi connectivity index (χ2v) is 7.26. The minimum atomic E-state index is -0.491. The average Bonchev–Trinajstić information content (AvgIpc) is 2.71. The summed E-state index contributed by atoms with van der Waals surface area (Å²) < 4.78 is 5.41. The first-order chi connectivity index (χ1) is 10.3. The van der Waals surface area contributed by atoms with Gasteiger partial charge in [-0.25, -0.2) is 4.79 Å². The highest BCUT2D eigenvalue weighted by Crippen LogP contribution is 2.43. The third-order valence-electron chi connectivity index (χ3n) is 4.49. The van der Waals surface area contributed by atoms with Gasteiger partial charge in [0.15, 0.2) is 5.78 Å². The zero-order valence-corrected chi connectivity index (χ0v) is 13.4. The zero-order valence-electron chi connectivity index (χ0n) is 13.4. The third-order valence-corrected chi connectivity index (χ3v) is 4.49. The molecule has 2 aliphatic rings. The van der Waals surface area contributed by atoms with E-state index in [1.165, 1.54) is 0 Å². The lowest BCUT2D eigenvalue weighted by molar-refractivity contribution is 0.0113. The number of hydrogen-bond donors (Lipinski definition) is 0. The molecular weight excluding hydrogens is 280 g/mol. The Morgan fingerprint density at radius 2 is 2.00 bits per heavy atom. The lowest BCUT2D eigenvalue weighted by Gasteiger charge is -2.38. The lowest BCUT2D eigenvalue weighted by atomic mass is 9.75. The van der Waals surface area contributed by atoms with Crippen LogP contribution in [0.3, 0.4) is 0 Å². The molecule has 0 aromatic carbocycles. The highest BCUT2D eigenvalue weighted by molar-refractivity contribution is 6.03. The maximum atomic E-state index is 12.7. The molecule has 0 N–H and O–H groups in total. The van der Waals surface area contributed by atoms with Gasteiger partial charge in [0.2, 0.25) is 0 Å². The van der Waals surface area contributed by atoms with Gasteiger partial charge in [-0.1, -0.05) is 6.07 Å². The molecule has 2 heterocycles. The molecule has 5 heteroatoms. The van der Waals surface area contributed by atoms with Crippen LogP contribution in [0.4, 0.5) is 4.79 Å². The van der Waals surface area contributed by atoms with Crippen LogP contribution < -0.4 is 0 Å². The topological polar surface area (TPSA) is 59.5 Å². The van der Waals surface area contributed by atoms with E-state index >= 15 is 0 Å². The van der Waals surface area contributed by atoms with Crippen LogP contribution >= 0.6 is 0 Å². The lowest BCUT2D eigenvalue weighted by Crippen LogP contribution is -2.47. The summed E-state index contributed by atoms with van der Waals surface area (Å²) in [5.74, 6) is 0.145. The van der Waals surface area contributed by atoms with Crippen molar-refractivity contribution in [3.63, 3.8) is 0 Å². The van der Waals surface area contributed by atoms with Crippen molar-refractivity contribution in [3.05, 3.63) is 29.6 Å². The number of rotatable bonds is 0. The number of ether oxygens (including phenoxy) is 1. The fourth-order valence-electron chi connectivity index (χ4n) is 3.33. The molecule has 0 radical (unpaired) electrons. The fraction of sp³-hybridized carbons (Fsp3) is 0.588. The van der Waals surface area contributed by atoms with E-state index in [-0.39, 0.29) is 17.3 Å². The first-order valence-corrected chi connectivity index (χ1v) is 7.77. The molecule has 3 rings (SSSR count). The van der Waals surface area contributed by atoms with E-state index in [9.17, 15) is 9.59 Å². The van der Waals surface area contributed by atoms with Crippen molar-refractivity contribution >= 4 is 11.9 Å². The molecule has 1 spiro atoms. The van der Waals surface area contributed by atoms with Crippen molar-refractivity contribution in [3.8, 4) is 0 Å². The summed E-state index contributed by atoms with van der Waals surface area (Å²) in [4.78, 5) is 30.8. The predicted molar refractivity (Wildman–Crippen MR) is 81.7 cm³/mol. The van der Waals surface area contributed by atoms with Crippen molar-refractivity contribution in [1.82, 2.24) is 9.88 Å². The first kappa shape index (κ1) is 15.0. The van der Waals surface area contributed by atoms with Crippen LogP contribution in [-0.2, 0) is 11.2 Å². The predicted octanol–water partition coefficient (Wildman–Crippen LogP) is 2.84. The molecule has 22 heavy (non-hydrogen) atoms. The summed E-state index contributed by atoms with van der Waals surface area (Å²) in [6.45, 7) is 6.71. The van der Waals surface area contributed by atoms with Crippen LogP contribution in [0.15, 0.2) is 18.3 Å². The highest BCUT2D eigenvalue weighted by atomic mass is 16.6. The number of piperidine rings is 1. The molecule has 1 aliphatic heterocycles. The third kappa shape index (κ3) is 2.60. The van der Waals surface area contributed by atoms with Gasteiger partial charge in [-0.15, -0.1) is 0 Å². The summed E-state index contributed by atoms with van der Waals surface area (Å²) in [6, 6.07) is 3.86. The van der Waals surface area contributed by atoms with E-state index in [4.69, 9.17) is 4.74 Å². The van der Waals surface area contributed by atoms with E-state index in [1.807, 2.05) is 32.9 Å². The summed E-state index contributed by atoms with van der Waals surface area (Å²) >= 11 is 0. The Hall–Kier alpha value is -1.91. The van der Waals surface area contributed by atoms with E-state index in [1.54, 1.807) is 11.1 Å². The number of carbonyl (C=O) groups is 2. The number of carbonyl (C=O) groups excluding carboxylic acids is 2. The normalized spacial score (nSPS) is 20.1. The van der Waals surface area contributed by atoms with Crippen molar-refractivity contribution in [1.29, 1.82) is 0 Å². The molecule has 1 saturated heterocycles. The minimum absolute atomic E-state index is 0.145. The summed E-state index contributed by atoms with van der Waals surface area (Å²) in [7, 11) is 0. The number of hydrogen-bond acceptors (Lipinski definition) is 4. The van der Waals surface area contributed by atoms with Crippen LogP contribution in [-0.4, -0.2) is 40.5 Å². The Labute approximate surface area is 130 Å². The van der Waals surface area contributed by atoms with Crippen LogP contribution in [0.1, 0.15) is 49.7 Å². The average molecular weight is 302 g/mol. The molecule has 118 valence electrons. The molecule has 1 aromatic heterocycles. The summed E-state index contributed by atoms with van der Waals surface area (Å²) in [6.07, 6.45) is 3.49. The molecule has 1 aliphatic carbocycles. The Kier molecular flexibility index (Phi) is 3.46. The number of likely N-dealkylation sites (tertiary alicyclic amines) is 1. The number of aromatic nitrogens is 1. The Bertz CT molecular complexity index is 611. The monoisotopic (exact) mass is 302 g/mol. The van der Waals surface area contributed by atoms with Crippen LogP contribution in [0.5, 0.6) is 0 Å². The second kappa shape index (κ2) is 5.07. The highest BCUT2D eigenvalue weighted by Gasteiger charge is 2.48. The van der Waals surface area contributed by atoms with Crippen molar-refractivity contribution in [2.24, 2.45) is 5.41 Å². The molecule has 0 unspecified atom stereocenters. The smallest absolute Gasteiger partial charge is 0.410 e. The van der Waals surface area contributed by atoms with Gasteiger partial charge in [0.05, 0.1) is 0 Å². The van der Waals surface area contributed by atoms with E-state index in [0.29, 0.717) is 31.6 Å². The SMILES string of the molecule is CC(C)(C)OC(=O)N1CCC2(CC1)Cc1cccnc1C2=O. The van der Waals surface area contributed by atoms with Crippen LogP contribution in [0.2, 0.25) is 0 Å². The first-order valence-electron chi connectivity index (χ1n) is 7.77. The maximum absolute atomic E-state index is 12.7. The van der Waals surface area contributed by atoms with Gasteiger partial charge in [-0.05, 0) is 51.7 Å². The molecule has 5 nitrogen and oxygen atoms in total. The molecule has 0 saturated carbocycles. The fourth-order valence-corrected chi connectivity index (χ4v) is 3.33. The second-order valence-electron chi connectivity index (χ2n) is 7.26. The van der Waals surface area contributed by atoms with Gasteiger partial charge < -0.3 is 9.64 Å². The number of fused-ring (bicyclic) bond motifs is 1. The van der Waals surface area contributed by atoms with Gasteiger partial charge in [0, 0.05) is 24.7 Å². The Morgan fingerprint density at radius 1 is 1.32 bits per heavy atom.